The minimum atomic E-state index is 0.376. The van der Waals surface area contributed by atoms with Gasteiger partial charge in [-0.3, -0.25) is 0 Å². The van der Waals surface area contributed by atoms with Gasteiger partial charge in [-0.05, 0) is 6.42 Å². The number of nitrogens with one attached hydrogen (secondary N) is 1. The molecule has 6 heteroatoms. The standard InChI is InChI=1S/C16H17N5O/c1-2-4-12(5-3-1)14-8-18-16(22-14)9-17-13-6-7-15-19-11-20-21(15)10-13/h1-5,8,11,13,17H,6-7,9-10H2/t13-/m1/s1. The van der Waals surface area contributed by atoms with Crippen LogP contribution in [0.2, 0.25) is 0 Å². The average molecular weight is 295 g/mol. The van der Waals surface area contributed by atoms with Crippen LogP contribution in [-0.2, 0) is 19.5 Å². The second-order valence-electron chi connectivity index (χ2n) is 5.46. The number of hydrogen-bond donors (Lipinski definition) is 1. The number of rotatable bonds is 4. The molecule has 0 amide bonds. The van der Waals surface area contributed by atoms with Crippen molar-refractivity contribution in [2.24, 2.45) is 0 Å². The van der Waals surface area contributed by atoms with E-state index < -0.39 is 0 Å². The van der Waals surface area contributed by atoms with Crippen LogP contribution >= 0.6 is 0 Å². The minimum Gasteiger partial charge on any atom is -0.439 e. The number of benzene rings is 1. The Kier molecular flexibility index (Phi) is 3.44. The SMILES string of the molecule is c1ccc(-c2cnc(CN[C@@H]3CCc4ncnn4C3)o2)cc1. The summed E-state index contributed by atoms with van der Waals surface area (Å²) in [6.07, 6.45) is 5.42. The molecule has 3 heterocycles. The van der Waals surface area contributed by atoms with Crippen molar-refractivity contribution in [1.29, 1.82) is 0 Å². The number of aromatic nitrogens is 4. The molecule has 0 aliphatic carbocycles. The molecule has 0 saturated carbocycles. The molecule has 1 aliphatic rings. The molecular weight excluding hydrogens is 278 g/mol. The number of hydrogen-bond acceptors (Lipinski definition) is 5. The smallest absolute Gasteiger partial charge is 0.208 e. The quantitative estimate of drug-likeness (QED) is 0.797. The summed E-state index contributed by atoms with van der Waals surface area (Å²) in [7, 11) is 0. The van der Waals surface area contributed by atoms with E-state index in [1.807, 2.05) is 35.0 Å². The first kappa shape index (κ1) is 13.2. The lowest BCUT2D eigenvalue weighted by Gasteiger charge is -2.22. The van der Waals surface area contributed by atoms with Crippen LogP contribution in [0.25, 0.3) is 11.3 Å². The molecule has 0 saturated heterocycles. The fourth-order valence-electron chi connectivity index (χ4n) is 2.76. The molecular formula is C16H17N5O. The van der Waals surface area contributed by atoms with Crippen LogP contribution in [0, 0.1) is 0 Å². The Hall–Kier alpha value is -2.47. The molecule has 0 spiro atoms. The number of oxazole rings is 1. The van der Waals surface area contributed by atoms with Crippen molar-refractivity contribution in [3.63, 3.8) is 0 Å². The van der Waals surface area contributed by atoms with E-state index in [9.17, 15) is 0 Å². The zero-order valence-corrected chi connectivity index (χ0v) is 12.1. The first-order chi connectivity index (χ1) is 10.9. The average Bonchev–Trinajstić information content (AvgIpc) is 3.22. The molecule has 1 aliphatic heterocycles. The first-order valence-electron chi connectivity index (χ1n) is 7.49. The highest BCUT2D eigenvalue weighted by Gasteiger charge is 2.19. The Balaban J connectivity index is 1.38. The van der Waals surface area contributed by atoms with Gasteiger partial charge in [0.05, 0.1) is 19.3 Å². The molecule has 0 bridgehead atoms. The molecule has 4 rings (SSSR count). The fraction of sp³-hybridized carbons (Fsp3) is 0.312. The first-order valence-corrected chi connectivity index (χ1v) is 7.49. The fourth-order valence-corrected chi connectivity index (χ4v) is 2.76. The summed E-state index contributed by atoms with van der Waals surface area (Å²) in [5.41, 5.74) is 1.05. The molecule has 2 aromatic heterocycles. The predicted octanol–water partition coefficient (Wildman–Crippen LogP) is 2.04. The summed E-state index contributed by atoms with van der Waals surface area (Å²) in [6.45, 7) is 1.48. The van der Waals surface area contributed by atoms with Crippen molar-refractivity contribution in [2.45, 2.75) is 32.0 Å². The Bertz CT molecular complexity index is 749. The summed E-state index contributed by atoms with van der Waals surface area (Å²) >= 11 is 0. The van der Waals surface area contributed by atoms with Gasteiger partial charge in [-0.25, -0.2) is 14.6 Å². The summed E-state index contributed by atoms with van der Waals surface area (Å²) < 4.78 is 7.77. The van der Waals surface area contributed by atoms with Crippen LogP contribution in [0.5, 0.6) is 0 Å². The van der Waals surface area contributed by atoms with E-state index in [1.165, 1.54) is 0 Å². The van der Waals surface area contributed by atoms with E-state index in [0.29, 0.717) is 18.5 Å². The third-order valence-electron chi connectivity index (χ3n) is 3.96. The number of fused-ring (bicyclic) bond motifs is 1. The largest absolute Gasteiger partial charge is 0.439 e. The van der Waals surface area contributed by atoms with Gasteiger partial charge in [0.1, 0.15) is 12.2 Å². The molecule has 112 valence electrons. The van der Waals surface area contributed by atoms with Gasteiger partial charge >= 0.3 is 0 Å². The second kappa shape index (κ2) is 5.73. The highest BCUT2D eigenvalue weighted by molar-refractivity contribution is 5.55. The normalized spacial score (nSPS) is 17.4. The third kappa shape index (κ3) is 2.65. The molecule has 0 fully saturated rings. The number of nitrogens with zero attached hydrogens (tertiary/aromatic N) is 4. The van der Waals surface area contributed by atoms with Crippen LogP contribution in [0.1, 0.15) is 18.1 Å². The van der Waals surface area contributed by atoms with Gasteiger partial charge in [0, 0.05) is 18.0 Å². The monoisotopic (exact) mass is 295 g/mol. The highest BCUT2D eigenvalue weighted by Crippen LogP contribution is 2.20. The zero-order chi connectivity index (χ0) is 14.8. The van der Waals surface area contributed by atoms with Crippen LogP contribution in [0.3, 0.4) is 0 Å². The minimum absolute atomic E-state index is 0.376. The van der Waals surface area contributed by atoms with Crippen LogP contribution in [-0.4, -0.2) is 25.8 Å². The van der Waals surface area contributed by atoms with Gasteiger partial charge in [-0.2, -0.15) is 5.10 Å². The molecule has 0 radical (unpaired) electrons. The Morgan fingerprint density at radius 1 is 1.23 bits per heavy atom. The van der Waals surface area contributed by atoms with Gasteiger partial charge in [0.15, 0.2) is 5.76 Å². The highest BCUT2D eigenvalue weighted by atomic mass is 16.4. The maximum Gasteiger partial charge on any atom is 0.208 e. The molecule has 1 N–H and O–H groups in total. The lowest BCUT2D eigenvalue weighted by Crippen LogP contribution is -2.37. The predicted molar refractivity (Wildman–Crippen MR) is 80.9 cm³/mol. The number of aryl methyl sites for hydroxylation is 1. The molecule has 6 nitrogen and oxygen atoms in total. The van der Waals surface area contributed by atoms with Gasteiger partial charge in [-0.15, -0.1) is 0 Å². The lowest BCUT2D eigenvalue weighted by molar-refractivity contribution is 0.342. The van der Waals surface area contributed by atoms with Crippen LogP contribution in [0.15, 0.2) is 47.3 Å². The summed E-state index contributed by atoms with van der Waals surface area (Å²) in [6, 6.07) is 10.4. The summed E-state index contributed by atoms with van der Waals surface area (Å²) in [5, 5.41) is 7.72. The lowest BCUT2D eigenvalue weighted by atomic mass is 10.1. The van der Waals surface area contributed by atoms with Crippen molar-refractivity contribution < 1.29 is 4.42 Å². The maximum absolute atomic E-state index is 5.81. The van der Waals surface area contributed by atoms with Gasteiger partial charge in [0.2, 0.25) is 5.89 Å². The van der Waals surface area contributed by atoms with Crippen molar-refractivity contribution >= 4 is 0 Å². The molecule has 22 heavy (non-hydrogen) atoms. The van der Waals surface area contributed by atoms with Crippen molar-refractivity contribution in [3.05, 3.63) is 54.6 Å². The van der Waals surface area contributed by atoms with E-state index in [4.69, 9.17) is 4.42 Å². The Morgan fingerprint density at radius 3 is 3.05 bits per heavy atom. The van der Waals surface area contributed by atoms with E-state index in [-0.39, 0.29) is 0 Å². The van der Waals surface area contributed by atoms with E-state index >= 15 is 0 Å². The molecule has 3 aromatic rings. The Labute approximate surface area is 128 Å². The van der Waals surface area contributed by atoms with Crippen LogP contribution < -0.4 is 5.32 Å². The van der Waals surface area contributed by atoms with Crippen molar-refractivity contribution in [3.8, 4) is 11.3 Å². The van der Waals surface area contributed by atoms with Crippen molar-refractivity contribution in [1.82, 2.24) is 25.1 Å². The van der Waals surface area contributed by atoms with Gasteiger partial charge in [-0.1, -0.05) is 30.3 Å². The summed E-state index contributed by atoms with van der Waals surface area (Å²) in [5.74, 6) is 2.59. The van der Waals surface area contributed by atoms with Gasteiger partial charge in [0.25, 0.3) is 0 Å². The molecule has 0 unspecified atom stereocenters. The maximum atomic E-state index is 5.81. The van der Waals surface area contributed by atoms with Gasteiger partial charge < -0.3 is 9.73 Å². The summed E-state index contributed by atoms with van der Waals surface area (Å²) in [4.78, 5) is 8.59. The Morgan fingerprint density at radius 2 is 2.14 bits per heavy atom. The van der Waals surface area contributed by atoms with E-state index in [2.05, 4.69) is 20.4 Å². The van der Waals surface area contributed by atoms with Crippen LogP contribution in [0.4, 0.5) is 0 Å². The van der Waals surface area contributed by atoms with Crippen molar-refractivity contribution in [2.75, 3.05) is 0 Å². The molecule has 1 atom stereocenters. The topological polar surface area (TPSA) is 68.8 Å². The van der Waals surface area contributed by atoms with E-state index in [1.54, 1.807) is 12.5 Å². The zero-order valence-electron chi connectivity index (χ0n) is 12.1. The second-order valence-corrected chi connectivity index (χ2v) is 5.46. The molecule has 1 aromatic carbocycles. The van der Waals surface area contributed by atoms with E-state index in [0.717, 1.165) is 36.5 Å². The third-order valence-corrected chi connectivity index (χ3v) is 3.96.